The Morgan fingerprint density at radius 2 is 1.73 bits per heavy atom. The van der Waals surface area contributed by atoms with Crippen molar-refractivity contribution in [3.63, 3.8) is 0 Å². The molecule has 1 unspecified atom stereocenters. The molecular weight excluding hydrogens is 374 g/mol. The van der Waals surface area contributed by atoms with Crippen molar-refractivity contribution in [3.05, 3.63) is 90.3 Å². The van der Waals surface area contributed by atoms with Crippen LogP contribution in [0.15, 0.2) is 78.9 Å². The van der Waals surface area contributed by atoms with Gasteiger partial charge in [0.15, 0.2) is 0 Å². The lowest BCUT2D eigenvalue weighted by molar-refractivity contribution is 0.0702. The number of para-hydroxylation sites is 4. The number of rotatable bonds is 4. The predicted octanol–water partition coefficient (Wildman–Crippen LogP) is 5.38. The van der Waals surface area contributed by atoms with Crippen molar-refractivity contribution in [1.29, 1.82) is 0 Å². The van der Waals surface area contributed by atoms with E-state index in [1.54, 1.807) is 0 Å². The van der Waals surface area contributed by atoms with E-state index in [9.17, 15) is 4.79 Å². The van der Waals surface area contributed by atoms with Crippen molar-refractivity contribution in [3.8, 4) is 11.5 Å². The van der Waals surface area contributed by atoms with Crippen molar-refractivity contribution >= 4 is 16.9 Å². The zero-order valence-corrected chi connectivity index (χ0v) is 16.6. The number of carbonyl (C=O) groups is 1. The molecule has 0 saturated carbocycles. The van der Waals surface area contributed by atoms with E-state index in [4.69, 9.17) is 9.72 Å². The van der Waals surface area contributed by atoms with Gasteiger partial charge in [-0.15, -0.1) is 0 Å². The van der Waals surface area contributed by atoms with Gasteiger partial charge in [-0.3, -0.25) is 4.79 Å². The molecule has 0 aliphatic carbocycles. The Labute approximate surface area is 175 Å². The molecule has 30 heavy (non-hydrogen) atoms. The van der Waals surface area contributed by atoms with E-state index < -0.39 is 0 Å². The lowest BCUT2D eigenvalue weighted by Gasteiger charge is -2.32. The SMILES string of the molecule is O=C(c1ccccc1Oc1ccccc1)N1CCCC(c2nc3ccccc3[nH]2)C1. The van der Waals surface area contributed by atoms with Crippen LogP contribution in [0, 0.1) is 0 Å². The largest absolute Gasteiger partial charge is 0.457 e. The molecule has 1 aromatic heterocycles. The summed E-state index contributed by atoms with van der Waals surface area (Å²) in [6.45, 7) is 1.40. The number of aromatic nitrogens is 2. The number of imidazole rings is 1. The average Bonchev–Trinajstić information content (AvgIpc) is 3.24. The number of carbonyl (C=O) groups excluding carboxylic acids is 1. The van der Waals surface area contributed by atoms with Crippen LogP contribution in [0.5, 0.6) is 11.5 Å². The van der Waals surface area contributed by atoms with Crippen LogP contribution < -0.4 is 4.74 Å². The maximum Gasteiger partial charge on any atom is 0.257 e. The molecule has 0 bridgehead atoms. The van der Waals surface area contributed by atoms with E-state index in [2.05, 4.69) is 4.98 Å². The smallest absolute Gasteiger partial charge is 0.257 e. The molecule has 1 amide bonds. The fourth-order valence-electron chi connectivity index (χ4n) is 4.07. The number of ether oxygens (including phenoxy) is 1. The van der Waals surface area contributed by atoms with Crippen LogP contribution in [0.3, 0.4) is 0 Å². The van der Waals surface area contributed by atoms with Gasteiger partial charge in [0.25, 0.3) is 5.91 Å². The van der Waals surface area contributed by atoms with Crippen molar-refractivity contribution in [1.82, 2.24) is 14.9 Å². The molecule has 5 nitrogen and oxygen atoms in total. The molecule has 0 spiro atoms. The lowest BCUT2D eigenvalue weighted by Crippen LogP contribution is -2.39. The van der Waals surface area contributed by atoms with Crippen molar-refractivity contribution < 1.29 is 9.53 Å². The van der Waals surface area contributed by atoms with Gasteiger partial charge in [0.2, 0.25) is 0 Å². The van der Waals surface area contributed by atoms with Crippen LogP contribution in [0.25, 0.3) is 11.0 Å². The molecule has 1 N–H and O–H groups in total. The molecule has 4 aromatic rings. The van der Waals surface area contributed by atoms with Crippen LogP contribution in [-0.2, 0) is 0 Å². The number of nitrogens with zero attached hydrogens (tertiary/aromatic N) is 2. The number of H-pyrrole nitrogens is 1. The fourth-order valence-corrected chi connectivity index (χ4v) is 4.07. The topological polar surface area (TPSA) is 58.2 Å². The maximum atomic E-state index is 13.4. The Balaban J connectivity index is 1.37. The maximum absolute atomic E-state index is 13.4. The van der Waals surface area contributed by atoms with Gasteiger partial charge in [-0.05, 0) is 49.2 Å². The summed E-state index contributed by atoms with van der Waals surface area (Å²) in [6, 6.07) is 25.1. The molecule has 0 radical (unpaired) electrons. The minimum absolute atomic E-state index is 0.00217. The Bertz CT molecular complexity index is 1140. The van der Waals surface area contributed by atoms with E-state index in [-0.39, 0.29) is 11.8 Å². The minimum atomic E-state index is 0.00217. The number of amides is 1. The molecule has 1 fully saturated rings. The summed E-state index contributed by atoms with van der Waals surface area (Å²) in [5.41, 5.74) is 2.60. The first-order valence-electron chi connectivity index (χ1n) is 10.3. The Kier molecular flexibility index (Phi) is 4.93. The van der Waals surface area contributed by atoms with Crippen molar-refractivity contribution in [2.24, 2.45) is 0 Å². The second-order valence-electron chi connectivity index (χ2n) is 7.64. The van der Waals surface area contributed by atoms with Crippen LogP contribution in [0.2, 0.25) is 0 Å². The zero-order chi connectivity index (χ0) is 20.3. The van der Waals surface area contributed by atoms with Gasteiger partial charge in [-0.2, -0.15) is 0 Å². The first kappa shape index (κ1) is 18.4. The molecule has 3 aromatic carbocycles. The lowest BCUT2D eigenvalue weighted by atomic mass is 9.96. The first-order chi connectivity index (χ1) is 14.8. The summed E-state index contributed by atoms with van der Waals surface area (Å²) in [5, 5.41) is 0. The van der Waals surface area contributed by atoms with Gasteiger partial charge >= 0.3 is 0 Å². The Hall–Kier alpha value is -3.60. The number of likely N-dealkylation sites (tertiary alicyclic amines) is 1. The average molecular weight is 397 g/mol. The van der Waals surface area contributed by atoms with Crippen molar-refractivity contribution in [2.45, 2.75) is 18.8 Å². The van der Waals surface area contributed by atoms with Gasteiger partial charge in [-0.1, -0.05) is 42.5 Å². The number of hydrogen-bond donors (Lipinski definition) is 1. The summed E-state index contributed by atoms with van der Waals surface area (Å²) < 4.78 is 6.01. The van der Waals surface area contributed by atoms with E-state index >= 15 is 0 Å². The van der Waals surface area contributed by atoms with Gasteiger partial charge in [0.1, 0.15) is 17.3 Å². The molecule has 1 saturated heterocycles. The number of benzene rings is 3. The highest BCUT2D eigenvalue weighted by molar-refractivity contribution is 5.97. The second-order valence-corrected chi connectivity index (χ2v) is 7.64. The quantitative estimate of drug-likeness (QED) is 0.503. The highest BCUT2D eigenvalue weighted by Gasteiger charge is 2.28. The molecular formula is C25H23N3O2. The predicted molar refractivity (Wildman–Crippen MR) is 117 cm³/mol. The van der Waals surface area contributed by atoms with Gasteiger partial charge in [-0.25, -0.2) is 4.98 Å². The molecule has 5 heteroatoms. The number of aromatic amines is 1. The summed E-state index contributed by atoms with van der Waals surface area (Å²) >= 11 is 0. The Morgan fingerprint density at radius 3 is 2.60 bits per heavy atom. The van der Waals surface area contributed by atoms with E-state index in [1.165, 1.54) is 0 Å². The van der Waals surface area contributed by atoms with Gasteiger partial charge < -0.3 is 14.6 Å². The highest BCUT2D eigenvalue weighted by Crippen LogP contribution is 2.30. The molecule has 2 heterocycles. The van der Waals surface area contributed by atoms with Crippen LogP contribution in [0.1, 0.15) is 34.9 Å². The number of fused-ring (bicyclic) bond motifs is 1. The second kappa shape index (κ2) is 8.03. The monoisotopic (exact) mass is 397 g/mol. The third-order valence-electron chi connectivity index (χ3n) is 5.59. The fraction of sp³-hybridized carbons (Fsp3) is 0.200. The summed E-state index contributed by atoms with van der Waals surface area (Å²) in [5.74, 6) is 2.47. The third-order valence-corrected chi connectivity index (χ3v) is 5.59. The molecule has 150 valence electrons. The van der Waals surface area contributed by atoms with Crippen molar-refractivity contribution in [2.75, 3.05) is 13.1 Å². The normalized spacial score (nSPS) is 16.5. The van der Waals surface area contributed by atoms with Gasteiger partial charge in [0.05, 0.1) is 16.6 Å². The zero-order valence-electron chi connectivity index (χ0n) is 16.6. The van der Waals surface area contributed by atoms with E-state index in [0.29, 0.717) is 17.9 Å². The summed E-state index contributed by atoms with van der Waals surface area (Å²) in [4.78, 5) is 23.5. The highest BCUT2D eigenvalue weighted by atomic mass is 16.5. The molecule has 1 aliphatic heterocycles. The molecule has 1 aliphatic rings. The van der Waals surface area contributed by atoms with E-state index in [1.807, 2.05) is 83.8 Å². The van der Waals surface area contributed by atoms with Crippen LogP contribution in [0.4, 0.5) is 0 Å². The first-order valence-corrected chi connectivity index (χ1v) is 10.3. The van der Waals surface area contributed by atoms with Crippen LogP contribution in [-0.4, -0.2) is 33.9 Å². The Morgan fingerprint density at radius 1 is 0.967 bits per heavy atom. The summed E-state index contributed by atoms with van der Waals surface area (Å²) in [7, 11) is 0. The minimum Gasteiger partial charge on any atom is -0.457 e. The number of hydrogen-bond acceptors (Lipinski definition) is 3. The third kappa shape index (κ3) is 3.66. The number of piperidine rings is 1. The van der Waals surface area contributed by atoms with Gasteiger partial charge in [0, 0.05) is 19.0 Å². The standard InChI is InChI=1S/C25H23N3O2/c29-25(20-12-4-7-15-23(20)30-19-10-2-1-3-11-19)28-16-8-9-18(17-28)24-26-21-13-5-6-14-22(21)27-24/h1-7,10-15,18H,8-9,16-17H2,(H,26,27). The number of nitrogens with one attached hydrogen (secondary N) is 1. The van der Waals surface area contributed by atoms with E-state index in [0.717, 1.165) is 42.0 Å². The molecule has 1 atom stereocenters. The summed E-state index contributed by atoms with van der Waals surface area (Å²) in [6.07, 6.45) is 1.97. The molecule has 5 rings (SSSR count). The van der Waals surface area contributed by atoms with Crippen LogP contribution >= 0.6 is 0 Å².